The Morgan fingerprint density at radius 2 is 1.95 bits per heavy atom. The molecule has 110 valence electrons. The molecule has 1 heterocycles. The Morgan fingerprint density at radius 1 is 1.25 bits per heavy atom. The Labute approximate surface area is 118 Å². The lowest BCUT2D eigenvalue weighted by atomic mass is 9.94. The van der Waals surface area contributed by atoms with Gasteiger partial charge in [0.1, 0.15) is 0 Å². The minimum absolute atomic E-state index is 0.215. The summed E-state index contributed by atoms with van der Waals surface area (Å²) in [6.45, 7) is 3.42. The van der Waals surface area contributed by atoms with Crippen molar-refractivity contribution in [3.8, 4) is 0 Å². The van der Waals surface area contributed by atoms with Crippen molar-refractivity contribution >= 4 is 11.8 Å². The number of aryl methyl sites for hydroxylation is 2. The molecule has 0 spiro atoms. The van der Waals surface area contributed by atoms with E-state index in [9.17, 15) is 9.59 Å². The van der Waals surface area contributed by atoms with Gasteiger partial charge in [-0.15, -0.1) is 0 Å². The summed E-state index contributed by atoms with van der Waals surface area (Å²) in [6.07, 6.45) is 4.53. The first-order chi connectivity index (χ1) is 9.49. The number of amides is 2. The average molecular weight is 279 g/mol. The molecule has 1 saturated carbocycles. The van der Waals surface area contributed by atoms with E-state index < -0.39 is 0 Å². The smallest absolute Gasteiger partial charge is 0.289 e. The average Bonchev–Trinajstić information content (AvgIpc) is 2.60. The number of rotatable bonds is 3. The van der Waals surface area contributed by atoms with Gasteiger partial charge < -0.3 is 15.5 Å². The molecule has 1 aromatic rings. The maximum absolute atomic E-state index is 12.2. The molecule has 6 heteroatoms. The topological polar surface area (TPSA) is 98.2 Å². The Hall–Kier alpha value is -1.85. The van der Waals surface area contributed by atoms with Gasteiger partial charge in [-0.1, -0.05) is 19.3 Å². The monoisotopic (exact) mass is 279 g/mol. The third-order valence-corrected chi connectivity index (χ3v) is 3.81. The lowest BCUT2D eigenvalue weighted by Crippen LogP contribution is -2.45. The van der Waals surface area contributed by atoms with Gasteiger partial charge in [-0.25, -0.2) is 4.98 Å². The van der Waals surface area contributed by atoms with Crippen LogP contribution < -0.4 is 11.1 Å². The van der Waals surface area contributed by atoms with Gasteiger partial charge in [0.15, 0.2) is 5.89 Å². The maximum atomic E-state index is 12.2. The first kappa shape index (κ1) is 14.6. The van der Waals surface area contributed by atoms with E-state index in [2.05, 4.69) is 10.3 Å². The van der Waals surface area contributed by atoms with Crippen LogP contribution in [0.2, 0.25) is 0 Å². The highest BCUT2D eigenvalue weighted by Gasteiger charge is 2.30. The molecule has 0 bridgehead atoms. The molecule has 2 rings (SSSR count). The molecule has 6 nitrogen and oxygen atoms in total. The highest BCUT2D eigenvalue weighted by atomic mass is 16.4. The summed E-state index contributed by atoms with van der Waals surface area (Å²) < 4.78 is 5.31. The number of hydrogen-bond donors (Lipinski definition) is 2. The largest absolute Gasteiger partial charge is 0.436 e. The molecular weight excluding hydrogens is 258 g/mol. The second-order valence-electron chi connectivity index (χ2n) is 5.37. The molecule has 0 radical (unpaired) electrons. The van der Waals surface area contributed by atoms with Crippen molar-refractivity contribution in [2.45, 2.75) is 52.0 Å². The summed E-state index contributed by atoms with van der Waals surface area (Å²) in [7, 11) is 0. The van der Waals surface area contributed by atoms with Crippen LogP contribution in [0.5, 0.6) is 0 Å². The number of nitrogens with zero attached hydrogens (tertiary/aromatic N) is 1. The van der Waals surface area contributed by atoms with Crippen molar-refractivity contribution in [3.05, 3.63) is 17.3 Å². The number of carbonyl (C=O) groups is 2. The van der Waals surface area contributed by atoms with Crippen LogP contribution >= 0.6 is 0 Å². The van der Waals surface area contributed by atoms with Crippen LogP contribution in [0.1, 0.15) is 54.2 Å². The van der Waals surface area contributed by atoms with E-state index in [-0.39, 0.29) is 29.5 Å². The van der Waals surface area contributed by atoms with Crippen molar-refractivity contribution in [2.75, 3.05) is 0 Å². The quantitative estimate of drug-likeness (QED) is 0.818. The SMILES string of the molecule is Cc1nc(C)c(C(=O)NC2CCCCCC2C(N)=O)o1. The van der Waals surface area contributed by atoms with Gasteiger partial charge in [0.2, 0.25) is 11.7 Å². The molecule has 2 atom stereocenters. The Morgan fingerprint density at radius 3 is 2.55 bits per heavy atom. The van der Waals surface area contributed by atoms with Gasteiger partial charge in [-0.3, -0.25) is 9.59 Å². The van der Waals surface area contributed by atoms with Crippen LogP contribution in [0.25, 0.3) is 0 Å². The number of hydrogen-bond acceptors (Lipinski definition) is 4. The first-order valence-corrected chi connectivity index (χ1v) is 7.03. The van der Waals surface area contributed by atoms with Crippen molar-refractivity contribution in [1.82, 2.24) is 10.3 Å². The third-order valence-electron chi connectivity index (χ3n) is 3.81. The molecule has 0 aliphatic heterocycles. The maximum Gasteiger partial charge on any atom is 0.289 e. The van der Waals surface area contributed by atoms with E-state index in [0.29, 0.717) is 11.6 Å². The summed E-state index contributed by atoms with van der Waals surface area (Å²) >= 11 is 0. The zero-order chi connectivity index (χ0) is 14.7. The normalized spacial score (nSPS) is 23.1. The van der Waals surface area contributed by atoms with E-state index in [4.69, 9.17) is 10.2 Å². The molecule has 3 N–H and O–H groups in total. The van der Waals surface area contributed by atoms with E-state index in [1.54, 1.807) is 13.8 Å². The molecule has 1 aliphatic rings. The Balaban J connectivity index is 2.11. The minimum Gasteiger partial charge on any atom is -0.436 e. The summed E-state index contributed by atoms with van der Waals surface area (Å²) in [5.74, 6) is -0.287. The fraction of sp³-hybridized carbons (Fsp3) is 0.643. The summed E-state index contributed by atoms with van der Waals surface area (Å²) in [4.78, 5) is 27.9. The van der Waals surface area contributed by atoms with Gasteiger partial charge in [-0.2, -0.15) is 0 Å². The van der Waals surface area contributed by atoms with Crippen LogP contribution in [0.4, 0.5) is 0 Å². The highest BCUT2D eigenvalue weighted by Crippen LogP contribution is 2.24. The zero-order valence-electron chi connectivity index (χ0n) is 11.9. The zero-order valence-corrected chi connectivity index (χ0v) is 11.9. The standard InChI is InChI=1S/C14H21N3O3/c1-8-12(20-9(2)16-8)14(19)17-11-7-5-3-4-6-10(11)13(15)18/h10-11H,3-7H2,1-2H3,(H2,15,18)(H,17,19). The summed E-state index contributed by atoms with van der Waals surface area (Å²) in [6, 6.07) is -0.215. The predicted octanol–water partition coefficient (Wildman–Crippen LogP) is 1.46. The number of nitrogens with two attached hydrogens (primary N) is 1. The van der Waals surface area contributed by atoms with Gasteiger partial charge >= 0.3 is 0 Å². The molecule has 1 fully saturated rings. The first-order valence-electron chi connectivity index (χ1n) is 7.03. The molecule has 2 amide bonds. The van der Waals surface area contributed by atoms with Crippen LogP contribution in [0, 0.1) is 19.8 Å². The number of nitrogens with one attached hydrogen (secondary N) is 1. The number of carbonyl (C=O) groups excluding carboxylic acids is 2. The highest BCUT2D eigenvalue weighted by molar-refractivity contribution is 5.93. The molecular formula is C14H21N3O3. The third kappa shape index (κ3) is 3.18. The van der Waals surface area contributed by atoms with Gasteiger partial charge in [0.05, 0.1) is 11.6 Å². The number of aromatic nitrogens is 1. The lowest BCUT2D eigenvalue weighted by Gasteiger charge is -2.23. The van der Waals surface area contributed by atoms with Gasteiger partial charge in [0.25, 0.3) is 5.91 Å². The molecule has 0 aromatic carbocycles. The van der Waals surface area contributed by atoms with E-state index >= 15 is 0 Å². The minimum atomic E-state index is -0.345. The molecule has 2 unspecified atom stereocenters. The molecule has 1 aliphatic carbocycles. The fourth-order valence-corrected chi connectivity index (χ4v) is 2.80. The van der Waals surface area contributed by atoms with Gasteiger partial charge in [0, 0.05) is 13.0 Å². The summed E-state index contributed by atoms with van der Waals surface area (Å²) in [5, 5.41) is 2.89. The van der Waals surface area contributed by atoms with Crippen molar-refractivity contribution in [1.29, 1.82) is 0 Å². The van der Waals surface area contributed by atoms with Crippen LogP contribution in [-0.2, 0) is 4.79 Å². The Bertz CT molecular complexity index is 510. The second kappa shape index (κ2) is 6.07. The summed E-state index contributed by atoms with van der Waals surface area (Å²) in [5.41, 5.74) is 6.01. The van der Waals surface area contributed by atoms with E-state index in [0.717, 1.165) is 32.1 Å². The predicted molar refractivity (Wildman–Crippen MR) is 73.0 cm³/mol. The number of oxazole rings is 1. The van der Waals surface area contributed by atoms with Crippen LogP contribution in [-0.4, -0.2) is 22.8 Å². The van der Waals surface area contributed by atoms with Crippen LogP contribution in [0.15, 0.2) is 4.42 Å². The second-order valence-corrected chi connectivity index (χ2v) is 5.37. The van der Waals surface area contributed by atoms with Crippen molar-refractivity contribution < 1.29 is 14.0 Å². The number of primary amides is 1. The molecule has 20 heavy (non-hydrogen) atoms. The van der Waals surface area contributed by atoms with E-state index in [1.165, 1.54) is 0 Å². The van der Waals surface area contributed by atoms with Crippen molar-refractivity contribution in [3.63, 3.8) is 0 Å². The molecule has 1 aromatic heterocycles. The van der Waals surface area contributed by atoms with E-state index in [1.807, 2.05) is 0 Å². The fourth-order valence-electron chi connectivity index (χ4n) is 2.80. The lowest BCUT2D eigenvalue weighted by molar-refractivity contribution is -0.122. The molecule has 0 saturated heterocycles. The van der Waals surface area contributed by atoms with Crippen molar-refractivity contribution in [2.24, 2.45) is 11.7 Å². The Kier molecular flexibility index (Phi) is 4.42. The van der Waals surface area contributed by atoms with Crippen LogP contribution in [0.3, 0.4) is 0 Å². The van der Waals surface area contributed by atoms with Gasteiger partial charge in [-0.05, 0) is 19.8 Å².